The maximum Gasteiger partial charge on any atom is 0.0404 e. The maximum absolute atomic E-state index is 4.34. The van der Waals surface area contributed by atoms with Crippen molar-refractivity contribution in [2.24, 2.45) is 0 Å². The average Bonchev–Trinajstić information content (AvgIpc) is 2.39. The SMILES string of the molecule is CCc1cc(CN2CCCC(NS)C2)ccn1. The highest BCUT2D eigenvalue weighted by atomic mass is 32.1. The van der Waals surface area contributed by atoms with E-state index in [2.05, 4.69) is 46.5 Å². The normalized spacial score (nSPS) is 21.6. The predicted octanol–water partition coefficient (Wildman–Crippen LogP) is 2.04. The quantitative estimate of drug-likeness (QED) is 0.802. The second-order valence-electron chi connectivity index (χ2n) is 4.71. The molecule has 1 aromatic rings. The van der Waals surface area contributed by atoms with Gasteiger partial charge in [0.1, 0.15) is 0 Å². The van der Waals surface area contributed by atoms with E-state index >= 15 is 0 Å². The highest BCUT2D eigenvalue weighted by Gasteiger charge is 2.18. The van der Waals surface area contributed by atoms with Gasteiger partial charge in [0.05, 0.1) is 0 Å². The largest absolute Gasteiger partial charge is 0.298 e. The molecule has 1 aliphatic heterocycles. The van der Waals surface area contributed by atoms with Crippen LogP contribution >= 0.6 is 12.8 Å². The van der Waals surface area contributed by atoms with Crippen molar-refractivity contribution in [1.82, 2.24) is 14.6 Å². The van der Waals surface area contributed by atoms with E-state index in [1.165, 1.54) is 30.6 Å². The zero-order chi connectivity index (χ0) is 12.1. The molecule has 0 saturated carbocycles. The van der Waals surface area contributed by atoms with Gasteiger partial charge in [-0.2, -0.15) is 0 Å². The molecule has 1 aliphatic rings. The maximum atomic E-state index is 4.34. The molecule has 17 heavy (non-hydrogen) atoms. The van der Waals surface area contributed by atoms with E-state index in [0.717, 1.165) is 19.5 Å². The molecule has 2 rings (SSSR count). The second-order valence-corrected chi connectivity index (χ2v) is 4.97. The Bertz CT molecular complexity index is 356. The first kappa shape index (κ1) is 12.9. The summed E-state index contributed by atoms with van der Waals surface area (Å²) in [6.07, 6.45) is 5.42. The topological polar surface area (TPSA) is 28.2 Å². The Morgan fingerprint density at radius 3 is 3.24 bits per heavy atom. The fraction of sp³-hybridized carbons (Fsp3) is 0.615. The molecule has 0 amide bonds. The number of hydrogen-bond donors (Lipinski definition) is 2. The van der Waals surface area contributed by atoms with Gasteiger partial charge in [-0.25, -0.2) is 0 Å². The summed E-state index contributed by atoms with van der Waals surface area (Å²) in [5, 5.41) is 0. The smallest absolute Gasteiger partial charge is 0.0404 e. The number of nitrogens with zero attached hydrogens (tertiary/aromatic N) is 2. The van der Waals surface area contributed by atoms with Crippen LogP contribution in [-0.2, 0) is 13.0 Å². The Morgan fingerprint density at radius 2 is 2.47 bits per heavy atom. The van der Waals surface area contributed by atoms with Crippen molar-refractivity contribution in [1.29, 1.82) is 0 Å². The first-order valence-electron chi connectivity index (χ1n) is 6.37. The Labute approximate surface area is 109 Å². The van der Waals surface area contributed by atoms with Crippen LogP contribution in [0.5, 0.6) is 0 Å². The zero-order valence-electron chi connectivity index (χ0n) is 10.4. The van der Waals surface area contributed by atoms with Gasteiger partial charge in [-0.15, -0.1) is 0 Å². The fourth-order valence-corrected chi connectivity index (χ4v) is 2.59. The lowest BCUT2D eigenvalue weighted by Gasteiger charge is -2.32. The summed E-state index contributed by atoms with van der Waals surface area (Å²) in [7, 11) is 0. The van der Waals surface area contributed by atoms with Crippen LogP contribution in [0.4, 0.5) is 0 Å². The number of aromatic nitrogens is 1. The molecule has 1 aromatic heterocycles. The van der Waals surface area contributed by atoms with E-state index in [1.807, 2.05) is 6.20 Å². The van der Waals surface area contributed by atoms with Crippen molar-refractivity contribution in [3.05, 3.63) is 29.6 Å². The molecule has 1 N–H and O–H groups in total. The number of likely N-dealkylation sites (tertiary alicyclic amines) is 1. The van der Waals surface area contributed by atoms with E-state index < -0.39 is 0 Å². The molecule has 0 aliphatic carbocycles. The summed E-state index contributed by atoms with van der Waals surface area (Å²) in [6.45, 7) is 5.46. The van der Waals surface area contributed by atoms with Crippen LogP contribution < -0.4 is 4.72 Å². The van der Waals surface area contributed by atoms with Gasteiger partial charge in [0.25, 0.3) is 0 Å². The van der Waals surface area contributed by atoms with Crippen LogP contribution in [0, 0.1) is 0 Å². The molecule has 1 unspecified atom stereocenters. The lowest BCUT2D eigenvalue weighted by atomic mass is 10.1. The number of pyridine rings is 1. The van der Waals surface area contributed by atoms with E-state index in [9.17, 15) is 0 Å². The van der Waals surface area contributed by atoms with Gasteiger partial charge in [-0.1, -0.05) is 19.7 Å². The highest BCUT2D eigenvalue weighted by molar-refractivity contribution is 7.78. The van der Waals surface area contributed by atoms with E-state index in [1.54, 1.807) is 0 Å². The van der Waals surface area contributed by atoms with Crippen LogP contribution in [0.3, 0.4) is 0 Å². The molecule has 0 bridgehead atoms. The van der Waals surface area contributed by atoms with Gasteiger partial charge in [-0.3, -0.25) is 14.6 Å². The molecule has 0 radical (unpaired) electrons. The first-order chi connectivity index (χ1) is 8.31. The van der Waals surface area contributed by atoms with E-state index in [-0.39, 0.29) is 0 Å². The van der Waals surface area contributed by atoms with Crippen molar-refractivity contribution in [3.63, 3.8) is 0 Å². The van der Waals surface area contributed by atoms with Crippen molar-refractivity contribution < 1.29 is 0 Å². The van der Waals surface area contributed by atoms with Gasteiger partial charge in [0, 0.05) is 31.0 Å². The minimum Gasteiger partial charge on any atom is -0.298 e. The van der Waals surface area contributed by atoms with Crippen LogP contribution in [0.15, 0.2) is 18.3 Å². The van der Waals surface area contributed by atoms with E-state index in [4.69, 9.17) is 0 Å². The molecule has 1 saturated heterocycles. The summed E-state index contributed by atoms with van der Waals surface area (Å²) in [5.41, 5.74) is 2.56. The van der Waals surface area contributed by atoms with Gasteiger partial charge in [0.15, 0.2) is 0 Å². The van der Waals surface area contributed by atoms with Crippen molar-refractivity contribution in [3.8, 4) is 0 Å². The molecule has 4 heteroatoms. The third-order valence-corrected chi connectivity index (χ3v) is 3.70. The fourth-order valence-electron chi connectivity index (χ4n) is 2.38. The lowest BCUT2D eigenvalue weighted by molar-refractivity contribution is 0.196. The van der Waals surface area contributed by atoms with Crippen LogP contribution in [-0.4, -0.2) is 29.0 Å². The molecule has 0 spiro atoms. The first-order valence-corrected chi connectivity index (χ1v) is 6.82. The summed E-state index contributed by atoms with van der Waals surface area (Å²) in [4.78, 5) is 6.83. The Morgan fingerprint density at radius 1 is 1.59 bits per heavy atom. The van der Waals surface area contributed by atoms with Gasteiger partial charge in [0.2, 0.25) is 0 Å². The summed E-state index contributed by atoms with van der Waals surface area (Å²) >= 11 is 4.18. The number of thiol groups is 1. The van der Waals surface area contributed by atoms with Crippen LogP contribution in [0.25, 0.3) is 0 Å². The van der Waals surface area contributed by atoms with Crippen molar-refractivity contribution in [2.75, 3.05) is 13.1 Å². The monoisotopic (exact) mass is 251 g/mol. The van der Waals surface area contributed by atoms with Crippen molar-refractivity contribution >= 4 is 12.8 Å². The van der Waals surface area contributed by atoms with Gasteiger partial charge < -0.3 is 0 Å². The number of rotatable bonds is 4. The zero-order valence-corrected chi connectivity index (χ0v) is 11.3. The Hall–Kier alpha value is -0.580. The molecular formula is C13H21N3S. The molecule has 1 atom stereocenters. The molecule has 3 nitrogen and oxygen atoms in total. The minimum atomic E-state index is 0.527. The third kappa shape index (κ3) is 3.69. The molecule has 0 aromatic carbocycles. The van der Waals surface area contributed by atoms with Gasteiger partial charge >= 0.3 is 0 Å². The number of piperidine rings is 1. The van der Waals surface area contributed by atoms with Gasteiger partial charge in [-0.05, 0) is 43.5 Å². The van der Waals surface area contributed by atoms with E-state index in [0.29, 0.717) is 6.04 Å². The van der Waals surface area contributed by atoms with Crippen LogP contribution in [0.1, 0.15) is 31.0 Å². The Kier molecular flexibility index (Phi) is 4.83. The number of aryl methyl sites for hydroxylation is 1. The molecule has 2 heterocycles. The Balaban J connectivity index is 1.95. The second kappa shape index (κ2) is 6.38. The number of nitrogens with one attached hydrogen (secondary N) is 1. The third-order valence-electron chi connectivity index (χ3n) is 3.34. The van der Waals surface area contributed by atoms with Crippen molar-refractivity contribution in [2.45, 2.75) is 38.8 Å². The molecular weight excluding hydrogens is 230 g/mol. The summed E-state index contributed by atoms with van der Waals surface area (Å²) in [5.74, 6) is 0. The highest BCUT2D eigenvalue weighted by Crippen LogP contribution is 2.14. The molecule has 94 valence electrons. The number of hydrogen-bond acceptors (Lipinski definition) is 4. The average molecular weight is 251 g/mol. The lowest BCUT2D eigenvalue weighted by Crippen LogP contribution is -2.42. The summed E-state index contributed by atoms with van der Waals surface area (Å²) < 4.78 is 3.08. The predicted molar refractivity (Wildman–Crippen MR) is 74.0 cm³/mol. The minimum absolute atomic E-state index is 0.527. The molecule has 1 fully saturated rings. The standard InChI is InChI=1S/C13H21N3S/c1-2-12-8-11(5-6-14-12)9-16-7-3-4-13(10-16)15-17/h5-6,8,13,15,17H,2-4,7,9-10H2,1H3. The summed E-state index contributed by atoms with van der Waals surface area (Å²) in [6, 6.07) is 4.87. The van der Waals surface area contributed by atoms with Crippen LogP contribution in [0.2, 0.25) is 0 Å².